The predicted molar refractivity (Wildman–Crippen MR) is 68.3 cm³/mol. The zero-order valence-electron chi connectivity index (χ0n) is 9.27. The lowest BCUT2D eigenvalue weighted by Crippen LogP contribution is -1.83. The molecule has 0 saturated carbocycles. The lowest BCUT2D eigenvalue weighted by atomic mass is 10.2. The van der Waals surface area contributed by atoms with Crippen molar-refractivity contribution in [1.29, 1.82) is 0 Å². The van der Waals surface area contributed by atoms with E-state index in [4.69, 9.17) is 5.11 Å². The number of hydrogen-bond donors (Lipinski definition) is 1. The summed E-state index contributed by atoms with van der Waals surface area (Å²) in [6.45, 7) is 0.0723. The molecule has 0 bridgehead atoms. The third-order valence-corrected chi connectivity index (χ3v) is 3.51. The van der Waals surface area contributed by atoms with E-state index in [0.29, 0.717) is 0 Å². The molecule has 88 valence electrons. The summed E-state index contributed by atoms with van der Waals surface area (Å²) < 4.78 is 12.7. The van der Waals surface area contributed by atoms with Gasteiger partial charge in [-0.25, -0.2) is 4.39 Å². The normalized spacial score (nSPS) is 10.5. The van der Waals surface area contributed by atoms with E-state index in [0.717, 1.165) is 21.8 Å². The Labute approximate surface area is 104 Å². The second kappa shape index (κ2) is 5.84. The fourth-order valence-electron chi connectivity index (χ4n) is 1.44. The highest BCUT2D eigenvalue weighted by atomic mass is 32.2. The molecule has 0 aliphatic carbocycles. The highest BCUT2D eigenvalue weighted by Gasteiger charge is 1.97. The van der Waals surface area contributed by atoms with Crippen LogP contribution in [0.2, 0.25) is 0 Å². The second-order valence-corrected chi connectivity index (χ2v) is 4.77. The van der Waals surface area contributed by atoms with E-state index < -0.39 is 0 Å². The number of aliphatic hydroxyl groups is 1. The van der Waals surface area contributed by atoms with E-state index in [1.54, 1.807) is 23.9 Å². The molecule has 2 rings (SSSR count). The van der Waals surface area contributed by atoms with Crippen LogP contribution in [0.3, 0.4) is 0 Å². The molecule has 0 aliphatic rings. The van der Waals surface area contributed by atoms with Crippen molar-refractivity contribution in [2.24, 2.45) is 0 Å². The van der Waals surface area contributed by atoms with Crippen molar-refractivity contribution < 1.29 is 9.50 Å². The monoisotopic (exact) mass is 248 g/mol. The molecule has 1 N–H and O–H groups in total. The number of halogens is 1. The Morgan fingerprint density at radius 2 is 1.47 bits per heavy atom. The Kier molecular flexibility index (Phi) is 4.18. The van der Waals surface area contributed by atoms with Crippen LogP contribution in [0.1, 0.15) is 11.1 Å². The van der Waals surface area contributed by atoms with Crippen LogP contribution in [0.15, 0.2) is 53.4 Å². The van der Waals surface area contributed by atoms with Gasteiger partial charge in [-0.1, -0.05) is 24.3 Å². The summed E-state index contributed by atoms with van der Waals surface area (Å²) in [4.78, 5) is 1.14. The maximum Gasteiger partial charge on any atom is 0.123 e. The molecule has 0 heterocycles. The molecule has 0 aliphatic heterocycles. The maximum absolute atomic E-state index is 12.7. The molecule has 0 amide bonds. The van der Waals surface area contributed by atoms with Crippen LogP contribution >= 0.6 is 11.8 Å². The van der Waals surface area contributed by atoms with Crippen LogP contribution in [0, 0.1) is 5.82 Å². The van der Waals surface area contributed by atoms with Crippen LogP contribution in [0.25, 0.3) is 0 Å². The molecule has 3 heteroatoms. The van der Waals surface area contributed by atoms with Gasteiger partial charge in [0.15, 0.2) is 0 Å². The fraction of sp³-hybridized carbons (Fsp3) is 0.143. The number of hydrogen-bond acceptors (Lipinski definition) is 2. The number of thioether (sulfide) groups is 1. The van der Waals surface area contributed by atoms with Crippen LogP contribution in [-0.2, 0) is 12.4 Å². The van der Waals surface area contributed by atoms with Gasteiger partial charge in [0.2, 0.25) is 0 Å². The van der Waals surface area contributed by atoms with E-state index >= 15 is 0 Å². The third kappa shape index (κ3) is 3.58. The van der Waals surface area contributed by atoms with Crippen molar-refractivity contribution >= 4 is 11.8 Å². The zero-order valence-corrected chi connectivity index (χ0v) is 10.1. The molecule has 0 aromatic heterocycles. The molecule has 2 aromatic carbocycles. The highest BCUT2D eigenvalue weighted by molar-refractivity contribution is 7.98. The number of benzene rings is 2. The first-order valence-corrected chi connectivity index (χ1v) is 6.33. The fourth-order valence-corrected chi connectivity index (χ4v) is 2.29. The Morgan fingerprint density at radius 1 is 0.882 bits per heavy atom. The molecular weight excluding hydrogens is 235 g/mol. The maximum atomic E-state index is 12.7. The minimum Gasteiger partial charge on any atom is -0.392 e. The molecule has 0 fully saturated rings. The molecule has 1 nitrogen and oxygen atoms in total. The van der Waals surface area contributed by atoms with Gasteiger partial charge in [0.25, 0.3) is 0 Å². The van der Waals surface area contributed by atoms with Crippen molar-refractivity contribution in [3.63, 3.8) is 0 Å². The van der Waals surface area contributed by atoms with Crippen molar-refractivity contribution in [3.8, 4) is 0 Å². The van der Waals surface area contributed by atoms with Crippen molar-refractivity contribution in [2.45, 2.75) is 17.3 Å². The summed E-state index contributed by atoms with van der Waals surface area (Å²) in [5, 5.41) is 8.92. The molecular formula is C14H13FOS. The van der Waals surface area contributed by atoms with Crippen molar-refractivity contribution in [1.82, 2.24) is 0 Å². The van der Waals surface area contributed by atoms with E-state index in [1.807, 2.05) is 24.3 Å². The van der Waals surface area contributed by atoms with Crippen molar-refractivity contribution in [3.05, 3.63) is 65.5 Å². The Balaban J connectivity index is 1.95. The van der Waals surface area contributed by atoms with E-state index in [-0.39, 0.29) is 12.4 Å². The summed E-state index contributed by atoms with van der Waals surface area (Å²) in [6, 6.07) is 14.3. The predicted octanol–water partition coefficient (Wildman–Crippen LogP) is 3.61. The van der Waals surface area contributed by atoms with Gasteiger partial charge in [-0.2, -0.15) is 0 Å². The molecule has 17 heavy (non-hydrogen) atoms. The summed E-state index contributed by atoms with van der Waals surface area (Å²) in [6.07, 6.45) is 0. The summed E-state index contributed by atoms with van der Waals surface area (Å²) in [7, 11) is 0. The van der Waals surface area contributed by atoms with Gasteiger partial charge in [-0.3, -0.25) is 0 Å². The first-order valence-electron chi connectivity index (χ1n) is 5.35. The van der Waals surface area contributed by atoms with Crippen LogP contribution in [-0.4, -0.2) is 5.11 Å². The minimum atomic E-state index is -0.203. The first kappa shape index (κ1) is 12.1. The Hall–Kier alpha value is -1.32. The van der Waals surface area contributed by atoms with Crippen LogP contribution in [0.4, 0.5) is 4.39 Å². The van der Waals surface area contributed by atoms with E-state index in [2.05, 4.69) is 0 Å². The van der Waals surface area contributed by atoms with Crippen LogP contribution < -0.4 is 0 Å². The van der Waals surface area contributed by atoms with E-state index in [9.17, 15) is 4.39 Å². The molecule has 2 aromatic rings. The highest BCUT2D eigenvalue weighted by Crippen LogP contribution is 2.23. The molecule has 0 atom stereocenters. The van der Waals surface area contributed by atoms with Gasteiger partial charge in [-0.05, 0) is 35.4 Å². The summed E-state index contributed by atoms with van der Waals surface area (Å²) in [5.74, 6) is 0.615. The molecule has 0 saturated heterocycles. The van der Waals surface area contributed by atoms with Crippen LogP contribution in [0.5, 0.6) is 0 Å². The quantitative estimate of drug-likeness (QED) is 0.834. The average Bonchev–Trinajstić information content (AvgIpc) is 2.39. The zero-order chi connectivity index (χ0) is 12.1. The summed E-state index contributed by atoms with van der Waals surface area (Å²) in [5.41, 5.74) is 2.01. The smallest absolute Gasteiger partial charge is 0.123 e. The van der Waals surface area contributed by atoms with Gasteiger partial charge >= 0.3 is 0 Å². The standard InChI is InChI=1S/C14H13FOS/c15-13-5-1-12(2-6-13)10-17-14-7-3-11(9-16)4-8-14/h1-8,16H,9-10H2. The topological polar surface area (TPSA) is 20.2 Å². The van der Waals surface area contributed by atoms with Crippen molar-refractivity contribution in [2.75, 3.05) is 0 Å². The lowest BCUT2D eigenvalue weighted by molar-refractivity contribution is 0.282. The molecule has 0 spiro atoms. The average molecular weight is 248 g/mol. The minimum absolute atomic E-state index is 0.0723. The number of aliphatic hydroxyl groups excluding tert-OH is 1. The van der Waals surface area contributed by atoms with Gasteiger partial charge in [0.1, 0.15) is 5.82 Å². The van der Waals surface area contributed by atoms with Gasteiger partial charge in [-0.15, -0.1) is 11.8 Å². The largest absolute Gasteiger partial charge is 0.392 e. The molecule has 0 radical (unpaired) electrons. The van der Waals surface area contributed by atoms with Gasteiger partial charge in [0, 0.05) is 10.6 Å². The summed E-state index contributed by atoms with van der Waals surface area (Å²) >= 11 is 1.69. The SMILES string of the molecule is OCc1ccc(SCc2ccc(F)cc2)cc1. The number of rotatable bonds is 4. The Bertz CT molecular complexity index is 465. The second-order valence-electron chi connectivity index (χ2n) is 3.72. The van der Waals surface area contributed by atoms with E-state index in [1.165, 1.54) is 12.1 Å². The Morgan fingerprint density at radius 3 is 2.06 bits per heavy atom. The molecule has 0 unspecified atom stereocenters. The third-order valence-electron chi connectivity index (χ3n) is 2.42. The van der Waals surface area contributed by atoms with Gasteiger partial charge < -0.3 is 5.11 Å². The lowest BCUT2D eigenvalue weighted by Gasteiger charge is -2.03. The first-order chi connectivity index (χ1) is 8.28. The van der Waals surface area contributed by atoms with Gasteiger partial charge in [0.05, 0.1) is 6.61 Å².